The second-order valence-electron chi connectivity index (χ2n) is 5.03. The van der Waals surface area contributed by atoms with E-state index in [1.807, 2.05) is 48.0 Å². The van der Waals surface area contributed by atoms with Crippen molar-refractivity contribution in [2.75, 3.05) is 0 Å². The molecule has 22 heavy (non-hydrogen) atoms. The SMILES string of the molecule is CCc1nn2cc(-c3c(-c4ccccc4)noc3C)nc2s1. The van der Waals surface area contributed by atoms with Gasteiger partial charge in [0, 0.05) is 5.56 Å². The molecule has 110 valence electrons. The van der Waals surface area contributed by atoms with Gasteiger partial charge < -0.3 is 4.52 Å². The van der Waals surface area contributed by atoms with Gasteiger partial charge in [-0.2, -0.15) is 5.10 Å². The summed E-state index contributed by atoms with van der Waals surface area (Å²) in [5.74, 6) is 0.764. The van der Waals surface area contributed by atoms with E-state index in [1.54, 1.807) is 11.3 Å². The number of fused-ring (bicyclic) bond motifs is 1. The summed E-state index contributed by atoms with van der Waals surface area (Å²) in [5.41, 5.74) is 3.62. The van der Waals surface area contributed by atoms with Crippen molar-refractivity contribution in [1.29, 1.82) is 0 Å². The Morgan fingerprint density at radius 1 is 1.23 bits per heavy atom. The molecule has 0 bridgehead atoms. The molecule has 0 aliphatic rings. The third-order valence-corrected chi connectivity index (χ3v) is 4.62. The average molecular weight is 310 g/mol. The Labute approximate surface area is 131 Å². The molecule has 1 aromatic carbocycles. The van der Waals surface area contributed by atoms with Gasteiger partial charge in [0.05, 0.1) is 17.5 Å². The maximum atomic E-state index is 5.41. The van der Waals surface area contributed by atoms with Gasteiger partial charge in [-0.25, -0.2) is 9.50 Å². The van der Waals surface area contributed by atoms with E-state index in [4.69, 9.17) is 4.52 Å². The van der Waals surface area contributed by atoms with Crippen LogP contribution in [-0.2, 0) is 6.42 Å². The van der Waals surface area contributed by atoms with Crippen molar-refractivity contribution < 1.29 is 4.52 Å². The number of aryl methyl sites for hydroxylation is 2. The molecule has 0 amide bonds. The third-order valence-electron chi connectivity index (χ3n) is 3.55. The summed E-state index contributed by atoms with van der Waals surface area (Å²) < 4.78 is 7.24. The van der Waals surface area contributed by atoms with Gasteiger partial charge in [-0.1, -0.05) is 53.7 Å². The standard InChI is InChI=1S/C16H14N4OS/c1-3-13-18-20-9-12(17-16(20)22-13)14-10(2)21-19-15(14)11-7-5-4-6-8-11/h4-9H,3H2,1-2H3. The first-order chi connectivity index (χ1) is 10.8. The Bertz CT molecular complexity index is 904. The van der Waals surface area contributed by atoms with Crippen LogP contribution in [0.4, 0.5) is 0 Å². The second kappa shape index (κ2) is 5.06. The minimum absolute atomic E-state index is 0.764. The number of hydrogen-bond acceptors (Lipinski definition) is 5. The minimum atomic E-state index is 0.764. The highest BCUT2D eigenvalue weighted by atomic mass is 32.1. The Kier molecular flexibility index (Phi) is 3.04. The summed E-state index contributed by atoms with van der Waals surface area (Å²) in [7, 11) is 0. The smallest absolute Gasteiger partial charge is 0.212 e. The summed E-state index contributed by atoms with van der Waals surface area (Å²) >= 11 is 1.61. The molecule has 4 rings (SSSR count). The first-order valence-corrected chi connectivity index (χ1v) is 7.95. The molecule has 0 fully saturated rings. The van der Waals surface area contributed by atoms with Crippen molar-refractivity contribution in [3.8, 4) is 22.5 Å². The monoisotopic (exact) mass is 310 g/mol. The number of benzene rings is 1. The van der Waals surface area contributed by atoms with Crippen LogP contribution < -0.4 is 0 Å². The number of nitrogens with zero attached hydrogens (tertiary/aromatic N) is 4. The number of hydrogen-bond donors (Lipinski definition) is 0. The van der Waals surface area contributed by atoms with Crippen LogP contribution in [0.15, 0.2) is 41.1 Å². The molecule has 6 heteroatoms. The van der Waals surface area contributed by atoms with E-state index >= 15 is 0 Å². The summed E-state index contributed by atoms with van der Waals surface area (Å²) in [6.07, 6.45) is 2.86. The summed E-state index contributed by atoms with van der Waals surface area (Å²) in [6, 6.07) is 10.0. The van der Waals surface area contributed by atoms with E-state index in [0.29, 0.717) is 0 Å². The first-order valence-electron chi connectivity index (χ1n) is 7.13. The van der Waals surface area contributed by atoms with Crippen LogP contribution in [0, 0.1) is 6.92 Å². The van der Waals surface area contributed by atoms with Crippen molar-refractivity contribution in [2.45, 2.75) is 20.3 Å². The Morgan fingerprint density at radius 3 is 2.77 bits per heavy atom. The molecule has 3 heterocycles. The molecule has 0 unspecified atom stereocenters. The van der Waals surface area contributed by atoms with E-state index in [0.717, 1.165) is 44.7 Å². The summed E-state index contributed by atoms with van der Waals surface area (Å²) in [4.78, 5) is 5.58. The van der Waals surface area contributed by atoms with Gasteiger partial charge >= 0.3 is 0 Å². The zero-order valence-electron chi connectivity index (χ0n) is 12.3. The third kappa shape index (κ3) is 2.03. The van der Waals surface area contributed by atoms with E-state index in [1.165, 1.54) is 0 Å². The highest BCUT2D eigenvalue weighted by Gasteiger charge is 2.20. The lowest BCUT2D eigenvalue weighted by Crippen LogP contribution is -1.85. The van der Waals surface area contributed by atoms with Gasteiger partial charge in [0.15, 0.2) is 0 Å². The fraction of sp³-hybridized carbons (Fsp3) is 0.188. The van der Waals surface area contributed by atoms with Gasteiger partial charge in [-0.15, -0.1) is 0 Å². The molecule has 5 nitrogen and oxygen atoms in total. The van der Waals surface area contributed by atoms with Crippen molar-refractivity contribution >= 4 is 16.3 Å². The number of aromatic nitrogens is 4. The Balaban J connectivity index is 1.87. The van der Waals surface area contributed by atoms with E-state index in [-0.39, 0.29) is 0 Å². The normalized spacial score (nSPS) is 11.4. The van der Waals surface area contributed by atoms with Crippen molar-refractivity contribution in [3.05, 3.63) is 47.3 Å². The zero-order valence-corrected chi connectivity index (χ0v) is 13.1. The highest BCUT2D eigenvalue weighted by molar-refractivity contribution is 7.16. The molecule has 0 atom stereocenters. The first kappa shape index (κ1) is 13.2. The van der Waals surface area contributed by atoms with Crippen LogP contribution >= 0.6 is 11.3 Å². The summed E-state index contributed by atoms with van der Waals surface area (Å²) in [5, 5.41) is 9.81. The van der Waals surface area contributed by atoms with Crippen molar-refractivity contribution in [3.63, 3.8) is 0 Å². The lowest BCUT2D eigenvalue weighted by Gasteiger charge is -1.99. The quantitative estimate of drug-likeness (QED) is 0.574. The Morgan fingerprint density at radius 2 is 2.05 bits per heavy atom. The van der Waals surface area contributed by atoms with Crippen LogP contribution in [0.3, 0.4) is 0 Å². The molecule has 0 saturated heterocycles. The predicted molar refractivity (Wildman–Crippen MR) is 85.9 cm³/mol. The largest absolute Gasteiger partial charge is 0.360 e. The van der Waals surface area contributed by atoms with Crippen LogP contribution in [0.1, 0.15) is 17.7 Å². The van der Waals surface area contributed by atoms with E-state index < -0.39 is 0 Å². The summed E-state index contributed by atoms with van der Waals surface area (Å²) in [6.45, 7) is 4.00. The van der Waals surface area contributed by atoms with Gasteiger partial charge in [-0.3, -0.25) is 0 Å². The average Bonchev–Trinajstić information content (AvgIpc) is 3.19. The minimum Gasteiger partial charge on any atom is -0.360 e. The van der Waals surface area contributed by atoms with E-state index in [9.17, 15) is 0 Å². The molecule has 0 aliphatic heterocycles. The number of imidazole rings is 1. The molecular formula is C16H14N4OS. The topological polar surface area (TPSA) is 56.2 Å². The molecule has 3 aromatic heterocycles. The molecular weight excluding hydrogens is 296 g/mol. The lowest BCUT2D eigenvalue weighted by atomic mass is 10.0. The molecule has 0 radical (unpaired) electrons. The highest BCUT2D eigenvalue weighted by Crippen LogP contribution is 2.34. The van der Waals surface area contributed by atoms with Crippen LogP contribution in [-0.4, -0.2) is 19.8 Å². The predicted octanol–water partition coefficient (Wildman–Crippen LogP) is 3.98. The maximum absolute atomic E-state index is 5.41. The fourth-order valence-electron chi connectivity index (χ4n) is 2.47. The molecule has 4 aromatic rings. The van der Waals surface area contributed by atoms with Gasteiger partial charge in [-0.05, 0) is 13.3 Å². The van der Waals surface area contributed by atoms with Crippen LogP contribution in [0.2, 0.25) is 0 Å². The van der Waals surface area contributed by atoms with Gasteiger partial charge in [0.1, 0.15) is 16.5 Å². The van der Waals surface area contributed by atoms with Crippen molar-refractivity contribution in [1.82, 2.24) is 19.8 Å². The zero-order chi connectivity index (χ0) is 15.1. The van der Waals surface area contributed by atoms with Crippen molar-refractivity contribution in [2.24, 2.45) is 0 Å². The van der Waals surface area contributed by atoms with E-state index in [2.05, 4.69) is 22.2 Å². The van der Waals surface area contributed by atoms with Gasteiger partial charge in [0.2, 0.25) is 4.96 Å². The fourth-order valence-corrected chi connectivity index (χ4v) is 3.29. The second-order valence-corrected chi connectivity index (χ2v) is 6.07. The molecule has 0 aliphatic carbocycles. The molecule has 0 saturated carbocycles. The molecule has 0 N–H and O–H groups in total. The van der Waals surface area contributed by atoms with Gasteiger partial charge in [0.25, 0.3) is 0 Å². The lowest BCUT2D eigenvalue weighted by molar-refractivity contribution is 0.400. The van der Waals surface area contributed by atoms with Crippen LogP contribution in [0.25, 0.3) is 27.5 Å². The Hall–Kier alpha value is -2.47. The maximum Gasteiger partial charge on any atom is 0.212 e. The number of rotatable bonds is 3. The molecule has 0 spiro atoms. The van der Waals surface area contributed by atoms with Crippen LogP contribution in [0.5, 0.6) is 0 Å².